The first kappa shape index (κ1) is 23.0. The van der Waals surface area contributed by atoms with Crippen molar-refractivity contribution in [1.82, 2.24) is 5.32 Å². The zero-order valence-electron chi connectivity index (χ0n) is 19.4. The van der Waals surface area contributed by atoms with Crippen LogP contribution in [0.2, 0.25) is 0 Å². The number of ether oxygens (including phenoxy) is 1. The molecule has 1 aliphatic heterocycles. The summed E-state index contributed by atoms with van der Waals surface area (Å²) < 4.78 is 6.78. The van der Waals surface area contributed by atoms with Gasteiger partial charge >= 0.3 is 0 Å². The molecule has 6 nitrogen and oxygen atoms in total. The zero-order chi connectivity index (χ0) is 21.7. The van der Waals surface area contributed by atoms with Crippen molar-refractivity contribution in [2.45, 2.75) is 108 Å². The minimum atomic E-state index is -0.819. The summed E-state index contributed by atoms with van der Waals surface area (Å²) in [5.41, 5.74) is -1.53. The van der Waals surface area contributed by atoms with Gasteiger partial charge in [0.1, 0.15) is 0 Å². The van der Waals surface area contributed by atoms with E-state index in [1.165, 1.54) is 0 Å². The molecular formula is C23H41N3O3-2. The zero-order valence-corrected chi connectivity index (χ0v) is 19.4. The molecule has 168 valence electrons. The highest BCUT2D eigenvalue weighted by molar-refractivity contribution is 5.48. The molecule has 3 rings (SSSR count). The van der Waals surface area contributed by atoms with Crippen molar-refractivity contribution in [2.75, 3.05) is 14.1 Å². The molecule has 1 saturated heterocycles. The van der Waals surface area contributed by atoms with Crippen LogP contribution in [0.5, 0.6) is 0 Å². The van der Waals surface area contributed by atoms with Crippen LogP contribution < -0.4 is 5.32 Å². The molecule has 0 radical (unpaired) electrons. The van der Waals surface area contributed by atoms with Crippen molar-refractivity contribution < 1.29 is 14.6 Å². The van der Waals surface area contributed by atoms with Gasteiger partial charge in [-0.1, -0.05) is 13.8 Å². The van der Waals surface area contributed by atoms with E-state index in [-0.39, 0.29) is 40.7 Å². The summed E-state index contributed by atoms with van der Waals surface area (Å²) in [5.74, 6) is 0.760. The van der Waals surface area contributed by atoms with E-state index >= 15 is 0 Å². The van der Waals surface area contributed by atoms with E-state index in [4.69, 9.17) is 10.1 Å². The number of hydrogen-bond acceptors (Lipinski definition) is 3. The van der Waals surface area contributed by atoms with E-state index in [1.54, 1.807) is 0 Å². The first-order valence-corrected chi connectivity index (χ1v) is 11.3. The highest BCUT2D eigenvalue weighted by atomic mass is 16.5. The van der Waals surface area contributed by atoms with E-state index in [0.717, 1.165) is 38.5 Å². The van der Waals surface area contributed by atoms with Crippen LogP contribution in [0.25, 0.3) is 10.6 Å². The van der Waals surface area contributed by atoms with Gasteiger partial charge in [0, 0.05) is 17.2 Å². The second-order valence-corrected chi connectivity index (χ2v) is 10.9. The first-order chi connectivity index (χ1) is 13.4. The molecular weight excluding hydrogens is 366 g/mol. The lowest BCUT2D eigenvalue weighted by atomic mass is 9.51. The molecule has 1 amide bonds. The smallest absolute Gasteiger partial charge is 0.207 e. The lowest BCUT2D eigenvalue weighted by Gasteiger charge is -2.64. The van der Waals surface area contributed by atoms with Crippen LogP contribution in [0.4, 0.5) is 0 Å². The van der Waals surface area contributed by atoms with Crippen LogP contribution in [0.15, 0.2) is 0 Å². The molecule has 3 fully saturated rings. The number of amides is 1. The third-order valence-electron chi connectivity index (χ3n) is 8.82. The minimum absolute atomic E-state index is 0.110. The van der Waals surface area contributed by atoms with E-state index < -0.39 is 5.60 Å². The molecule has 3 aliphatic rings. The summed E-state index contributed by atoms with van der Waals surface area (Å²) in [4.78, 5) is 11.4. The first-order valence-electron chi connectivity index (χ1n) is 11.3. The maximum atomic E-state index is 11.4. The summed E-state index contributed by atoms with van der Waals surface area (Å²) in [7, 11) is 3.70. The van der Waals surface area contributed by atoms with E-state index in [0.29, 0.717) is 12.3 Å². The molecule has 0 spiro atoms. The molecule has 8 atom stereocenters. The summed E-state index contributed by atoms with van der Waals surface area (Å²) in [6.07, 6.45) is 6.46. The fraction of sp³-hybridized carbons (Fsp3) is 0.957. The average Bonchev–Trinajstić information content (AvgIpc) is 3.05. The topological polar surface area (TPSA) is 86.8 Å². The molecule has 2 saturated carbocycles. The fourth-order valence-electron chi connectivity index (χ4n) is 6.75. The molecule has 2 N–H and O–H groups in total. The van der Waals surface area contributed by atoms with Gasteiger partial charge in [-0.25, -0.2) is 0 Å². The van der Waals surface area contributed by atoms with Gasteiger partial charge in [-0.05, 0) is 77.0 Å². The number of likely N-dealkylation sites (N-methyl/N-ethyl adjacent to an activating group) is 2. The number of rotatable bonds is 6. The molecule has 6 heteroatoms. The largest absolute Gasteiger partial charge is 0.660 e. The molecule has 0 aromatic rings. The van der Waals surface area contributed by atoms with Crippen molar-refractivity contribution in [2.24, 2.45) is 17.8 Å². The summed E-state index contributed by atoms with van der Waals surface area (Å²) in [5, 5.41) is 23.6. The van der Waals surface area contributed by atoms with Crippen LogP contribution >= 0.6 is 0 Å². The van der Waals surface area contributed by atoms with Gasteiger partial charge in [-0.3, -0.25) is 4.79 Å². The molecule has 8 unspecified atom stereocenters. The van der Waals surface area contributed by atoms with Crippen molar-refractivity contribution in [3.8, 4) is 0 Å². The van der Waals surface area contributed by atoms with Crippen LogP contribution in [0.3, 0.4) is 0 Å². The van der Waals surface area contributed by atoms with Gasteiger partial charge in [0.05, 0.1) is 5.60 Å². The second kappa shape index (κ2) is 7.77. The molecule has 29 heavy (non-hydrogen) atoms. The highest BCUT2D eigenvalue weighted by Gasteiger charge is 2.58. The Labute approximate surface area is 176 Å². The Hall–Kier alpha value is -0.690. The number of aliphatic hydroxyl groups is 1. The van der Waals surface area contributed by atoms with Gasteiger partial charge < -0.3 is 25.8 Å². The number of fused-ring (bicyclic) bond motifs is 1. The van der Waals surface area contributed by atoms with Crippen molar-refractivity contribution in [3.05, 3.63) is 10.6 Å². The summed E-state index contributed by atoms with van der Waals surface area (Å²) >= 11 is 0. The van der Waals surface area contributed by atoms with E-state index in [9.17, 15) is 9.90 Å². The van der Waals surface area contributed by atoms with Crippen molar-refractivity contribution in [3.63, 3.8) is 0 Å². The Morgan fingerprint density at radius 2 is 1.72 bits per heavy atom. The molecule has 0 bridgehead atoms. The SMILES string of the molecule is C[N-]C1C2C(CCC1(C)O)C(C)(NC=O)CCC2C1(C)CCC(C(C)(C)[N-]C)O1. The maximum Gasteiger partial charge on any atom is 0.207 e. The lowest BCUT2D eigenvalue weighted by Crippen LogP contribution is -2.66. The highest BCUT2D eigenvalue weighted by Crippen LogP contribution is 2.58. The quantitative estimate of drug-likeness (QED) is 0.657. The van der Waals surface area contributed by atoms with Gasteiger partial charge in [0.15, 0.2) is 0 Å². The standard InChI is InChI=1S/C23H41N3O3/c1-20(2,25-7)17-10-13-23(5,29-17)16-8-11-21(3,26-14-27)15-9-12-22(4,28)19(24-6)18(15)16/h14-19,28H,8-13H2,1-7H3,(H,26,27)/q-2. The molecule has 1 heterocycles. The lowest BCUT2D eigenvalue weighted by molar-refractivity contribution is -0.156. The average molecular weight is 408 g/mol. The number of nitrogens with zero attached hydrogens (tertiary/aromatic N) is 2. The number of hydrogen-bond donors (Lipinski definition) is 2. The van der Waals surface area contributed by atoms with Gasteiger partial charge in [-0.15, -0.1) is 11.6 Å². The second-order valence-electron chi connectivity index (χ2n) is 10.9. The Bertz CT molecular complexity index is 610. The number of nitrogens with one attached hydrogen (secondary N) is 1. The normalized spacial score (nSPS) is 48.2. The summed E-state index contributed by atoms with van der Waals surface area (Å²) in [6, 6.07) is -0.150. The van der Waals surface area contributed by atoms with Crippen molar-refractivity contribution >= 4 is 6.41 Å². The Kier molecular flexibility index (Phi) is 6.16. The molecule has 0 aromatic heterocycles. The van der Waals surface area contributed by atoms with Crippen molar-refractivity contribution in [1.29, 1.82) is 0 Å². The number of carbonyl (C=O) groups excluding carboxylic acids is 1. The van der Waals surface area contributed by atoms with Crippen LogP contribution in [0.1, 0.15) is 73.1 Å². The third kappa shape index (κ3) is 3.86. The Balaban J connectivity index is 1.95. The van der Waals surface area contributed by atoms with Crippen LogP contribution in [0, 0.1) is 17.8 Å². The third-order valence-corrected chi connectivity index (χ3v) is 8.82. The van der Waals surface area contributed by atoms with E-state index in [2.05, 4.69) is 38.3 Å². The fourth-order valence-corrected chi connectivity index (χ4v) is 6.75. The summed E-state index contributed by atoms with van der Waals surface area (Å²) in [6.45, 7) is 10.6. The molecule has 0 aromatic carbocycles. The maximum absolute atomic E-state index is 11.4. The Morgan fingerprint density at radius 1 is 1.07 bits per heavy atom. The van der Waals surface area contributed by atoms with Crippen LogP contribution in [-0.4, -0.2) is 60.0 Å². The predicted molar refractivity (Wildman–Crippen MR) is 116 cm³/mol. The van der Waals surface area contributed by atoms with E-state index in [1.807, 2.05) is 21.0 Å². The van der Waals surface area contributed by atoms with Crippen LogP contribution in [-0.2, 0) is 9.53 Å². The van der Waals surface area contributed by atoms with Gasteiger partial charge in [0.25, 0.3) is 0 Å². The van der Waals surface area contributed by atoms with Gasteiger partial charge in [0.2, 0.25) is 6.41 Å². The molecule has 2 aliphatic carbocycles. The minimum Gasteiger partial charge on any atom is -0.660 e. The monoisotopic (exact) mass is 407 g/mol. The number of carbonyl (C=O) groups is 1. The van der Waals surface area contributed by atoms with Gasteiger partial charge in [-0.2, -0.15) is 14.1 Å². The Morgan fingerprint density at radius 3 is 2.31 bits per heavy atom. The predicted octanol–water partition coefficient (Wildman–Crippen LogP) is 3.77.